The van der Waals surface area contributed by atoms with Crippen LogP contribution in [0, 0.1) is 31.1 Å². The zero-order chi connectivity index (χ0) is 90.1. The van der Waals surface area contributed by atoms with Crippen LogP contribution in [0.25, 0.3) is 66.7 Å². The average molecular weight is 1880 g/mol. The first-order valence-corrected chi connectivity index (χ1v) is 47.9. The Morgan fingerprint density at radius 3 is 1.24 bits per heavy atom. The second-order valence-corrected chi connectivity index (χ2v) is 40.8. The van der Waals surface area contributed by atoms with Crippen LogP contribution in [0.15, 0.2) is 191 Å². The van der Waals surface area contributed by atoms with E-state index in [4.69, 9.17) is 42.6 Å². The number of H-pyrrole nitrogens is 2. The van der Waals surface area contributed by atoms with Crippen molar-refractivity contribution in [2.24, 2.45) is 10.8 Å². The Morgan fingerprint density at radius 2 is 0.863 bits per heavy atom. The number of morpholine rings is 2. The van der Waals surface area contributed by atoms with E-state index in [1.165, 1.54) is 57.7 Å². The maximum Gasteiger partial charge on any atom is 0.293 e. The molecule has 8 aliphatic rings. The van der Waals surface area contributed by atoms with Gasteiger partial charge < -0.3 is 29.1 Å². The number of allylic oxidation sites excluding steroid dienone is 2. The maximum atomic E-state index is 14.3. The van der Waals surface area contributed by atoms with Crippen molar-refractivity contribution < 1.29 is 45.7 Å². The molecule has 0 bridgehead atoms. The number of benzene rings is 6. The summed E-state index contributed by atoms with van der Waals surface area (Å²) >= 11 is 12.5. The minimum atomic E-state index is -4.56. The van der Waals surface area contributed by atoms with Crippen LogP contribution in [-0.2, 0) is 29.5 Å². The van der Waals surface area contributed by atoms with Crippen LogP contribution in [0.4, 0.5) is 34.1 Å². The third kappa shape index (κ3) is 19.1. The molecule has 37 heteroatoms. The summed E-state index contributed by atoms with van der Waals surface area (Å²) in [7, 11) is -9.12. The Labute approximate surface area is 774 Å². The second kappa shape index (κ2) is 37.0. The number of amides is 2. The van der Waals surface area contributed by atoms with Gasteiger partial charge in [0, 0.05) is 199 Å². The number of sulfonamides is 2. The average Bonchev–Trinajstić information content (AvgIpc) is 1.53. The Balaban J connectivity index is 0.000000175. The highest BCUT2D eigenvalue weighted by molar-refractivity contribution is 7.90. The fraction of sp³-hybridized carbons (Fsp3) is 0.383. The number of nitrogens with one attached hydrogen (secondary N) is 4. The molecule has 6 fully saturated rings. The normalized spacial score (nSPS) is 18.8. The summed E-state index contributed by atoms with van der Waals surface area (Å²) in [5, 5.41) is 34.2. The van der Waals surface area contributed by atoms with Crippen molar-refractivity contribution >= 4 is 157 Å². The number of halogens is 3. The molecular weight excluding hydrogens is 1770 g/mol. The van der Waals surface area contributed by atoms with Gasteiger partial charge in [0.25, 0.3) is 43.2 Å². The van der Waals surface area contributed by atoms with Gasteiger partial charge in [0.1, 0.15) is 22.4 Å². The van der Waals surface area contributed by atoms with Gasteiger partial charge in [0.2, 0.25) is 0 Å². The number of nitro groups is 2. The fourth-order valence-electron chi connectivity index (χ4n) is 19.5. The van der Waals surface area contributed by atoms with Gasteiger partial charge in [0.05, 0.1) is 79.6 Å². The predicted octanol–water partition coefficient (Wildman–Crippen LogP) is 14.2. The van der Waals surface area contributed by atoms with Gasteiger partial charge in [-0.2, -0.15) is 0 Å². The molecule has 4 N–H and O–H groups in total. The summed E-state index contributed by atoms with van der Waals surface area (Å²) in [5.74, 6) is -1.78. The lowest BCUT2D eigenvalue weighted by molar-refractivity contribution is -0.384. The molecule has 0 unspecified atom stereocenters. The summed E-state index contributed by atoms with van der Waals surface area (Å²) in [4.78, 5) is 87.3. The van der Waals surface area contributed by atoms with Gasteiger partial charge in [0.15, 0.2) is 11.3 Å². The summed E-state index contributed by atoms with van der Waals surface area (Å²) in [5.41, 5.74) is 15.1. The molecule has 32 nitrogen and oxygen atoms in total. The van der Waals surface area contributed by atoms with Crippen molar-refractivity contribution in [1.82, 2.24) is 68.5 Å². The minimum Gasteiger partial charge on any atom is -0.379 e. The van der Waals surface area contributed by atoms with Crippen LogP contribution in [0.5, 0.6) is 0 Å². The number of ether oxygens (including phenoxy) is 2. The zero-order valence-corrected chi connectivity index (χ0v) is 77.1. The summed E-state index contributed by atoms with van der Waals surface area (Å²) in [6.45, 7) is 25.6. The topological polar surface area (TPSA) is 350 Å². The zero-order valence-electron chi connectivity index (χ0n) is 73.2. The van der Waals surface area contributed by atoms with Crippen molar-refractivity contribution in [2.75, 3.05) is 164 Å². The minimum absolute atomic E-state index is 0. The van der Waals surface area contributed by atoms with Crippen molar-refractivity contribution in [2.45, 2.75) is 88.1 Å². The van der Waals surface area contributed by atoms with Gasteiger partial charge in [-0.25, -0.2) is 46.2 Å². The lowest BCUT2D eigenvalue weighted by atomic mass is 9.72. The van der Waals surface area contributed by atoms with Crippen molar-refractivity contribution in [3.05, 3.63) is 234 Å². The van der Waals surface area contributed by atoms with Crippen LogP contribution < -0.4 is 29.0 Å². The summed E-state index contributed by atoms with van der Waals surface area (Å²) in [6, 6.07) is 42.7. The van der Waals surface area contributed by atoms with E-state index in [9.17, 15) is 46.7 Å². The largest absolute Gasteiger partial charge is 0.379 e. The number of anilines is 4. The van der Waals surface area contributed by atoms with Crippen LogP contribution in [0.3, 0.4) is 0 Å². The van der Waals surface area contributed by atoms with Crippen LogP contribution in [0.1, 0.15) is 98.1 Å². The number of pyridine rings is 2. The molecule has 2 aliphatic carbocycles. The summed E-state index contributed by atoms with van der Waals surface area (Å²) in [6.07, 6.45) is 13.2. The fourth-order valence-corrected chi connectivity index (χ4v) is 21.7. The third-order valence-corrected chi connectivity index (χ3v) is 30.2. The molecule has 0 saturated carbocycles. The molecule has 0 atom stereocenters. The number of carbonyl (C=O) groups excluding carboxylic acids is 2. The molecule has 0 spiro atoms. The number of hydrogen-bond acceptors (Lipinski definition) is 24. The van der Waals surface area contributed by atoms with E-state index >= 15 is 0 Å². The van der Waals surface area contributed by atoms with Gasteiger partial charge in [-0.1, -0.05) is 86.3 Å². The molecule has 12 heterocycles. The van der Waals surface area contributed by atoms with E-state index < -0.39 is 41.7 Å². The Hall–Kier alpha value is -11.4. The molecular formula is C94H103Cl3N20O12S2. The van der Waals surface area contributed by atoms with E-state index in [0.717, 1.165) is 174 Å². The van der Waals surface area contributed by atoms with Gasteiger partial charge in [-0.05, 0) is 181 Å². The molecule has 12 aromatic rings. The highest BCUT2D eigenvalue weighted by Gasteiger charge is 2.41. The monoisotopic (exact) mass is 1870 g/mol. The van der Waals surface area contributed by atoms with Crippen LogP contribution >= 0.6 is 35.6 Å². The number of aromatic nitrogens is 8. The molecule has 6 aromatic carbocycles. The number of hydrogen-bond donors (Lipinski definition) is 4. The van der Waals surface area contributed by atoms with Crippen molar-refractivity contribution in [3.8, 4) is 11.4 Å². The van der Waals surface area contributed by atoms with Gasteiger partial charge >= 0.3 is 0 Å². The first-order valence-electron chi connectivity index (χ1n) is 44.2. The second-order valence-electron chi connectivity index (χ2n) is 36.6. The van der Waals surface area contributed by atoms with Gasteiger partial charge in [-0.3, -0.25) is 69.0 Å². The predicted molar refractivity (Wildman–Crippen MR) is 510 cm³/mol. The number of fused-ring (bicyclic) bond motifs is 4. The van der Waals surface area contributed by atoms with E-state index in [1.54, 1.807) is 46.3 Å². The Morgan fingerprint density at radius 1 is 0.481 bits per heavy atom. The number of aromatic amines is 2. The van der Waals surface area contributed by atoms with E-state index in [0.29, 0.717) is 109 Å². The number of nitro benzene ring substituents is 2. The quantitative estimate of drug-likeness (QED) is 0.0362. The third-order valence-electron chi connectivity index (χ3n) is 27.0. The van der Waals surface area contributed by atoms with Crippen LogP contribution in [0.2, 0.25) is 10.0 Å². The lowest BCUT2D eigenvalue weighted by Gasteiger charge is -2.47. The van der Waals surface area contributed by atoms with E-state index in [-0.39, 0.29) is 67.6 Å². The number of rotatable bonds is 22. The highest BCUT2D eigenvalue weighted by atomic mass is 35.5. The Bertz CT molecular complexity index is 6300. The lowest BCUT2D eigenvalue weighted by Crippen LogP contribution is -2.61. The summed E-state index contributed by atoms with van der Waals surface area (Å²) < 4.78 is 74.6. The van der Waals surface area contributed by atoms with Crippen molar-refractivity contribution in [1.29, 1.82) is 0 Å². The standard InChI is InChI=1S/2C47H51ClN10O6S.ClH/c2*1-47(2)13-11-33(39(26-47)31-3-5-34(48)6-4-31)28-53-15-17-54(18-16-53)35-7-9-38(42(24-35)57-43-23-32-12-14-49-45(32)51-40(43)27-50-57)46(59)52-65(62,63)37-8-10-41(44(25-37)58(60)61)56-29-36(30-56)55-19-21-64-22-20-55;/h2*3-10,12,14,23-25,27,36,50H,11,13,15-22,26,28-30H2,1-2H3,(H,52,59);1H. The molecule has 684 valence electrons. The first-order chi connectivity index (χ1) is 62.6. The molecule has 6 aromatic heterocycles. The van der Waals surface area contributed by atoms with E-state index in [1.807, 2.05) is 82.6 Å². The number of piperazine rings is 2. The Kier molecular flexibility index (Phi) is 25.4. The molecule has 0 radical (unpaired) electrons. The highest BCUT2D eigenvalue weighted by Crippen LogP contribution is 2.47. The molecule has 6 aliphatic heterocycles. The van der Waals surface area contributed by atoms with E-state index in [2.05, 4.69) is 111 Å². The SMILES string of the molecule is CC1(C)CCC(CN2CCN(c3ccc(C(=O)NS(=O)(=O)c4ccc(N5CC(N6CCOCC6)C5)c([N+](=O)[O-])c4)c(-n4[nH]cc5nc6nccc6cc54)c3)CC2)=C(c2ccc(Cl)cc2)C1.CC1(C)CCC(CN2CCN(c3ccc(C(=O)NS(=O)(=O)c4ccc(N5CC(N6CCOCC6)C5)c([N+](=O)[O-])c4)c(-n4[nH]cc5nc6nccc6cc54)c3)CC2)=C(c2ccc(Cl)cc2)C1.Cl. The number of carbonyl (C=O) groups is 2. The van der Waals surface area contributed by atoms with Crippen LogP contribution in [-0.4, -0.2) is 254 Å². The van der Waals surface area contributed by atoms with Crippen molar-refractivity contribution in [3.63, 3.8) is 0 Å². The molecule has 20 rings (SSSR count). The smallest absolute Gasteiger partial charge is 0.293 e. The molecule has 2 amide bonds. The maximum absolute atomic E-state index is 14.3. The first kappa shape index (κ1) is 90.1. The molecule has 6 saturated heterocycles. The molecule has 131 heavy (non-hydrogen) atoms. The van der Waals surface area contributed by atoms with Gasteiger partial charge in [-0.15, -0.1) is 12.4 Å². The number of nitrogens with zero attached hydrogens (tertiary/aromatic N) is 16.